The number of hydrogen-bond donors (Lipinski definition) is 0. The highest BCUT2D eigenvalue weighted by molar-refractivity contribution is 5.79. The van der Waals surface area contributed by atoms with Gasteiger partial charge >= 0.3 is 0 Å². The minimum Gasteiger partial charge on any atom is -0.356 e. The van der Waals surface area contributed by atoms with E-state index in [1.807, 2.05) is 21.7 Å². The van der Waals surface area contributed by atoms with Crippen molar-refractivity contribution in [3.8, 4) is 5.82 Å². The van der Waals surface area contributed by atoms with E-state index >= 15 is 0 Å². The molecule has 138 valence electrons. The summed E-state index contributed by atoms with van der Waals surface area (Å²) in [5, 5.41) is 0. The summed E-state index contributed by atoms with van der Waals surface area (Å²) in [7, 11) is 2.11. The third-order valence-electron chi connectivity index (χ3n) is 5.39. The van der Waals surface area contributed by atoms with E-state index in [1.54, 1.807) is 18.9 Å². The Morgan fingerprint density at radius 2 is 1.77 bits per heavy atom. The zero-order valence-corrected chi connectivity index (χ0v) is 15.2. The van der Waals surface area contributed by atoms with Crippen LogP contribution >= 0.6 is 0 Å². The topological polar surface area (TPSA) is 70.4 Å². The number of hydrogen-bond acceptors (Lipinski definition) is 6. The molecule has 0 aliphatic carbocycles. The summed E-state index contributed by atoms with van der Waals surface area (Å²) in [5.41, 5.74) is 0. The average Bonchev–Trinajstić information content (AvgIpc) is 3.23. The lowest BCUT2D eigenvalue weighted by atomic mass is 9.95. The molecule has 26 heavy (non-hydrogen) atoms. The van der Waals surface area contributed by atoms with Crippen molar-refractivity contribution in [2.24, 2.45) is 5.92 Å². The molecular weight excluding hydrogens is 330 g/mol. The molecule has 2 fully saturated rings. The standard InChI is InChI=1S/C18H25N7O/c1-22-8-10-24(11-9-22)18(26)15-2-5-23(6-3-15)16-12-17(21-13-20-16)25-7-4-19-14-25/h4,7,12-15H,2-3,5-6,8-11H2,1H3. The maximum absolute atomic E-state index is 12.8. The second-order valence-electron chi connectivity index (χ2n) is 7.09. The summed E-state index contributed by atoms with van der Waals surface area (Å²) >= 11 is 0. The average molecular weight is 355 g/mol. The Bertz CT molecular complexity index is 732. The molecule has 8 heteroatoms. The molecule has 0 bridgehead atoms. The van der Waals surface area contributed by atoms with Crippen molar-refractivity contribution in [1.29, 1.82) is 0 Å². The van der Waals surface area contributed by atoms with Crippen LogP contribution in [0.25, 0.3) is 5.82 Å². The quantitative estimate of drug-likeness (QED) is 0.805. The van der Waals surface area contributed by atoms with Crippen LogP contribution in [0.2, 0.25) is 0 Å². The van der Waals surface area contributed by atoms with Crippen molar-refractivity contribution >= 4 is 11.7 Å². The van der Waals surface area contributed by atoms with Crippen LogP contribution in [0, 0.1) is 5.92 Å². The number of carbonyl (C=O) groups excluding carboxylic acids is 1. The first kappa shape index (κ1) is 17.0. The molecule has 1 amide bonds. The van der Waals surface area contributed by atoms with Gasteiger partial charge in [0.15, 0.2) is 0 Å². The summed E-state index contributed by atoms with van der Waals surface area (Å²) in [6, 6.07) is 1.98. The van der Waals surface area contributed by atoms with Crippen LogP contribution in [0.4, 0.5) is 5.82 Å². The molecule has 2 aliphatic rings. The van der Waals surface area contributed by atoms with E-state index in [9.17, 15) is 4.79 Å². The fraction of sp³-hybridized carbons (Fsp3) is 0.556. The van der Waals surface area contributed by atoms with E-state index in [1.165, 1.54) is 0 Å². The predicted octanol–water partition coefficient (Wildman–Crippen LogP) is 0.653. The van der Waals surface area contributed by atoms with Crippen molar-refractivity contribution in [2.45, 2.75) is 12.8 Å². The van der Waals surface area contributed by atoms with Gasteiger partial charge in [-0.25, -0.2) is 15.0 Å². The Hall–Kier alpha value is -2.48. The monoisotopic (exact) mass is 355 g/mol. The van der Waals surface area contributed by atoms with E-state index in [-0.39, 0.29) is 5.92 Å². The number of likely N-dealkylation sites (N-methyl/N-ethyl adjacent to an activating group) is 1. The Morgan fingerprint density at radius 3 is 2.46 bits per heavy atom. The molecule has 2 saturated heterocycles. The third-order valence-corrected chi connectivity index (χ3v) is 5.39. The number of piperazine rings is 1. The van der Waals surface area contributed by atoms with Crippen LogP contribution < -0.4 is 4.90 Å². The summed E-state index contributed by atoms with van der Waals surface area (Å²) < 4.78 is 1.87. The van der Waals surface area contributed by atoms with Gasteiger partial charge in [-0.1, -0.05) is 0 Å². The first-order valence-corrected chi connectivity index (χ1v) is 9.23. The van der Waals surface area contributed by atoms with Gasteiger partial charge < -0.3 is 14.7 Å². The molecular formula is C18H25N7O. The minimum atomic E-state index is 0.143. The molecule has 8 nitrogen and oxygen atoms in total. The molecule has 0 atom stereocenters. The molecule has 2 aliphatic heterocycles. The lowest BCUT2D eigenvalue weighted by molar-refractivity contribution is -0.137. The molecule has 0 aromatic carbocycles. The number of imidazole rings is 1. The Morgan fingerprint density at radius 1 is 1.04 bits per heavy atom. The number of amides is 1. The van der Waals surface area contributed by atoms with Gasteiger partial charge in [-0.15, -0.1) is 0 Å². The van der Waals surface area contributed by atoms with Crippen molar-refractivity contribution < 1.29 is 4.79 Å². The first-order chi connectivity index (χ1) is 12.7. The summed E-state index contributed by atoms with van der Waals surface area (Å²) in [6.07, 6.45) is 8.69. The van der Waals surface area contributed by atoms with Gasteiger partial charge in [0.05, 0.1) is 0 Å². The Balaban J connectivity index is 1.36. The van der Waals surface area contributed by atoms with Gasteiger partial charge in [0, 0.05) is 63.6 Å². The highest BCUT2D eigenvalue weighted by atomic mass is 16.2. The largest absolute Gasteiger partial charge is 0.356 e. The maximum atomic E-state index is 12.8. The fourth-order valence-corrected chi connectivity index (χ4v) is 3.69. The molecule has 0 saturated carbocycles. The van der Waals surface area contributed by atoms with Gasteiger partial charge in [-0.2, -0.15) is 0 Å². The van der Waals surface area contributed by atoms with Crippen molar-refractivity contribution in [1.82, 2.24) is 29.3 Å². The Labute approximate surface area is 153 Å². The molecule has 2 aromatic rings. The zero-order valence-electron chi connectivity index (χ0n) is 15.2. The number of piperidine rings is 1. The van der Waals surface area contributed by atoms with Crippen LogP contribution in [0.15, 0.2) is 31.1 Å². The van der Waals surface area contributed by atoms with Gasteiger partial charge in [-0.05, 0) is 19.9 Å². The van der Waals surface area contributed by atoms with Crippen LogP contribution in [0.5, 0.6) is 0 Å². The number of aromatic nitrogens is 4. The third kappa shape index (κ3) is 3.55. The molecule has 2 aromatic heterocycles. The van der Waals surface area contributed by atoms with Crippen LogP contribution in [-0.4, -0.2) is 81.5 Å². The van der Waals surface area contributed by atoms with E-state index in [4.69, 9.17) is 0 Å². The van der Waals surface area contributed by atoms with Gasteiger partial charge in [0.25, 0.3) is 0 Å². The minimum absolute atomic E-state index is 0.143. The second-order valence-corrected chi connectivity index (χ2v) is 7.09. The SMILES string of the molecule is CN1CCN(C(=O)C2CCN(c3cc(-n4ccnc4)ncn3)CC2)CC1. The number of anilines is 1. The molecule has 4 rings (SSSR count). The highest BCUT2D eigenvalue weighted by Crippen LogP contribution is 2.24. The highest BCUT2D eigenvalue weighted by Gasteiger charge is 2.30. The normalized spacial score (nSPS) is 19.7. The lowest BCUT2D eigenvalue weighted by Crippen LogP contribution is -2.50. The number of carbonyl (C=O) groups is 1. The molecule has 4 heterocycles. The number of rotatable bonds is 3. The van der Waals surface area contributed by atoms with Gasteiger partial charge in [-0.3, -0.25) is 9.36 Å². The fourth-order valence-electron chi connectivity index (χ4n) is 3.69. The zero-order chi connectivity index (χ0) is 17.9. The summed E-state index contributed by atoms with van der Waals surface area (Å²) in [5.74, 6) is 2.20. The van der Waals surface area contributed by atoms with Crippen molar-refractivity contribution in [3.63, 3.8) is 0 Å². The van der Waals surface area contributed by atoms with Crippen LogP contribution in [-0.2, 0) is 4.79 Å². The van der Waals surface area contributed by atoms with Gasteiger partial charge in [0.1, 0.15) is 24.3 Å². The van der Waals surface area contributed by atoms with Gasteiger partial charge in [0.2, 0.25) is 5.91 Å². The predicted molar refractivity (Wildman–Crippen MR) is 98.2 cm³/mol. The van der Waals surface area contributed by atoms with E-state index in [0.717, 1.165) is 63.7 Å². The molecule has 0 N–H and O–H groups in total. The van der Waals surface area contributed by atoms with E-state index < -0.39 is 0 Å². The molecule has 0 radical (unpaired) electrons. The smallest absolute Gasteiger partial charge is 0.225 e. The Kier molecular flexibility index (Phi) is 4.83. The van der Waals surface area contributed by atoms with E-state index in [2.05, 4.69) is 31.8 Å². The lowest BCUT2D eigenvalue weighted by Gasteiger charge is -2.37. The molecule has 0 spiro atoms. The van der Waals surface area contributed by atoms with Crippen molar-refractivity contribution in [2.75, 3.05) is 51.2 Å². The second kappa shape index (κ2) is 7.41. The summed E-state index contributed by atoms with van der Waals surface area (Å²) in [4.78, 5) is 32.1. The van der Waals surface area contributed by atoms with E-state index in [0.29, 0.717) is 5.91 Å². The summed E-state index contributed by atoms with van der Waals surface area (Å²) in [6.45, 7) is 5.37. The molecule has 0 unspecified atom stereocenters. The van der Waals surface area contributed by atoms with Crippen molar-refractivity contribution in [3.05, 3.63) is 31.1 Å². The number of nitrogens with zero attached hydrogens (tertiary/aromatic N) is 7. The van der Waals surface area contributed by atoms with Crippen LogP contribution in [0.1, 0.15) is 12.8 Å². The maximum Gasteiger partial charge on any atom is 0.225 e. The first-order valence-electron chi connectivity index (χ1n) is 9.23. The van der Waals surface area contributed by atoms with Crippen LogP contribution in [0.3, 0.4) is 0 Å².